The van der Waals surface area contributed by atoms with Gasteiger partial charge in [-0.1, -0.05) is 33.8 Å². The van der Waals surface area contributed by atoms with Crippen LogP contribution in [0.3, 0.4) is 0 Å². The molecule has 0 saturated carbocycles. The number of ether oxygens (including phenoxy) is 1. The molecule has 0 aliphatic rings. The van der Waals surface area contributed by atoms with Gasteiger partial charge in [-0.05, 0) is 36.0 Å². The van der Waals surface area contributed by atoms with E-state index in [1.54, 1.807) is 6.07 Å². The molecule has 4 heteroatoms. The quantitative estimate of drug-likeness (QED) is 0.850. The van der Waals surface area contributed by atoms with Gasteiger partial charge in [-0.15, -0.1) is 0 Å². The van der Waals surface area contributed by atoms with Gasteiger partial charge in [0.25, 0.3) is 0 Å². The van der Waals surface area contributed by atoms with Crippen molar-refractivity contribution >= 4 is 5.97 Å². The molecule has 0 heterocycles. The highest BCUT2D eigenvalue weighted by Crippen LogP contribution is 2.33. The Morgan fingerprint density at radius 2 is 1.80 bits per heavy atom. The van der Waals surface area contributed by atoms with Gasteiger partial charge in [0.2, 0.25) is 0 Å². The van der Waals surface area contributed by atoms with E-state index in [9.17, 15) is 9.90 Å². The molecule has 0 saturated heterocycles. The molecule has 0 amide bonds. The first-order chi connectivity index (χ1) is 9.27. The predicted octanol–water partition coefficient (Wildman–Crippen LogP) is 3.71. The second kappa shape index (κ2) is 6.42. The summed E-state index contributed by atoms with van der Waals surface area (Å²) < 4.78 is 4.98. The van der Waals surface area contributed by atoms with Crippen molar-refractivity contribution in [1.29, 1.82) is 5.26 Å². The molecule has 0 radical (unpaired) electrons. The summed E-state index contributed by atoms with van der Waals surface area (Å²) in [6, 6.07) is 5.38. The third-order valence-electron chi connectivity index (χ3n) is 3.14. The van der Waals surface area contributed by atoms with Crippen molar-refractivity contribution in [2.45, 2.75) is 52.6 Å². The summed E-state index contributed by atoms with van der Waals surface area (Å²) in [6.45, 7) is 9.43. The zero-order chi connectivity index (χ0) is 15.4. The van der Waals surface area contributed by atoms with Crippen molar-refractivity contribution < 1.29 is 14.6 Å². The number of nitrogens with zero attached hydrogens (tertiary/aromatic N) is 1. The normalized spacial score (nSPS) is 12.3. The SMILES string of the molecule is CC(C)c1cc(C(=O)O[C@@H](C)C#N)c(O)c(C(C)C)c1. The highest BCUT2D eigenvalue weighted by Gasteiger charge is 2.21. The van der Waals surface area contributed by atoms with E-state index in [2.05, 4.69) is 0 Å². The van der Waals surface area contributed by atoms with E-state index in [0.717, 1.165) is 5.56 Å². The van der Waals surface area contributed by atoms with Gasteiger partial charge in [0, 0.05) is 0 Å². The molecule has 0 aliphatic heterocycles. The maximum Gasteiger partial charge on any atom is 0.343 e. The lowest BCUT2D eigenvalue weighted by atomic mass is 9.92. The van der Waals surface area contributed by atoms with E-state index in [0.29, 0.717) is 5.56 Å². The molecular formula is C16H21NO3. The first kappa shape index (κ1) is 16.0. The lowest BCUT2D eigenvalue weighted by molar-refractivity contribution is 0.0432. The van der Waals surface area contributed by atoms with Crippen molar-refractivity contribution in [3.8, 4) is 11.8 Å². The van der Waals surface area contributed by atoms with Crippen molar-refractivity contribution in [2.75, 3.05) is 0 Å². The molecule has 108 valence electrons. The molecule has 0 aromatic heterocycles. The molecule has 1 rings (SSSR count). The van der Waals surface area contributed by atoms with Crippen molar-refractivity contribution in [1.82, 2.24) is 0 Å². The van der Waals surface area contributed by atoms with Crippen LogP contribution in [0.4, 0.5) is 0 Å². The zero-order valence-electron chi connectivity index (χ0n) is 12.6. The second-order valence-corrected chi connectivity index (χ2v) is 5.49. The first-order valence-corrected chi connectivity index (χ1v) is 6.75. The van der Waals surface area contributed by atoms with Gasteiger partial charge in [0.15, 0.2) is 6.10 Å². The largest absolute Gasteiger partial charge is 0.507 e. The topological polar surface area (TPSA) is 70.3 Å². The van der Waals surface area contributed by atoms with Gasteiger partial charge in [0.1, 0.15) is 17.4 Å². The van der Waals surface area contributed by atoms with Crippen LogP contribution in [0.25, 0.3) is 0 Å². The molecule has 1 aromatic carbocycles. The van der Waals surface area contributed by atoms with Crippen LogP contribution in [0.2, 0.25) is 0 Å². The van der Waals surface area contributed by atoms with E-state index in [1.165, 1.54) is 6.92 Å². The minimum Gasteiger partial charge on any atom is -0.507 e. The molecule has 1 atom stereocenters. The molecule has 0 unspecified atom stereocenters. The van der Waals surface area contributed by atoms with Crippen LogP contribution in [0.15, 0.2) is 12.1 Å². The lowest BCUT2D eigenvalue weighted by Gasteiger charge is -2.17. The Bertz CT molecular complexity index is 541. The minimum absolute atomic E-state index is 0.0560. The van der Waals surface area contributed by atoms with Gasteiger partial charge < -0.3 is 9.84 Å². The van der Waals surface area contributed by atoms with E-state index < -0.39 is 12.1 Å². The first-order valence-electron chi connectivity index (χ1n) is 6.75. The van der Waals surface area contributed by atoms with E-state index in [4.69, 9.17) is 10.00 Å². The second-order valence-electron chi connectivity index (χ2n) is 5.49. The zero-order valence-corrected chi connectivity index (χ0v) is 12.6. The van der Waals surface area contributed by atoms with E-state index in [-0.39, 0.29) is 23.1 Å². The van der Waals surface area contributed by atoms with Gasteiger partial charge in [-0.25, -0.2) is 4.79 Å². The molecule has 20 heavy (non-hydrogen) atoms. The van der Waals surface area contributed by atoms with Crippen LogP contribution >= 0.6 is 0 Å². The Balaban J connectivity index is 3.31. The van der Waals surface area contributed by atoms with Crippen molar-refractivity contribution in [2.24, 2.45) is 0 Å². The van der Waals surface area contributed by atoms with E-state index in [1.807, 2.05) is 39.8 Å². The summed E-state index contributed by atoms with van der Waals surface area (Å²) in [6.07, 6.45) is -0.841. The Labute approximate surface area is 120 Å². The highest BCUT2D eigenvalue weighted by atomic mass is 16.5. The average molecular weight is 275 g/mol. The average Bonchev–Trinajstić information content (AvgIpc) is 2.37. The van der Waals surface area contributed by atoms with E-state index >= 15 is 0 Å². The fourth-order valence-electron chi connectivity index (χ4n) is 1.86. The number of rotatable bonds is 4. The van der Waals surface area contributed by atoms with Crippen LogP contribution in [-0.2, 0) is 4.74 Å². The predicted molar refractivity (Wildman–Crippen MR) is 76.8 cm³/mol. The van der Waals surface area contributed by atoms with Gasteiger partial charge >= 0.3 is 5.97 Å². The number of aromatic hydroxyl groups is 1. The Hall–Kier alpha value is -2.02. The fourth-order valence-corrected chi connectivity index (χ4v) is 1.86. The fraction of sp³-hybridized carbons (Fsp3) is 0.500. The lowest BCUT2D eigenvalue weighted by Crippen LogP contribution is -2.14. The van der Waals surface area contributed by atoms with Crippen LogP contribution in [0.1, 0.15) is 67.9 Å². The Morgan fingerprint density at radius 1 is 1.20 bits per heavy atom. The Kier molecular flexibility index (Phi) is 5.15. The number of phenolic OH excluding ortho intramolecular Hbond substituents is 1. The number of phenols is 1. The minimum atomic E-state index is -0.841. The number of hydrogen-bond acceptors (Lipinski definition) is 4. The molecule has 0 bridgehead atoms. The van der Waals surface area contributed by atoms with Gasteiger partial charge in [-0.3, -0.25) is 0 Å². The maximum atomic E-state index is 12.1. The van der Waals surface area contributed by atoms with Crippen molar-refractivity contribution in [3.05, 3.63) is 28.8 Å². The smallest absolute Gasteiger partial charge is 0.343 e. The molecule has 0 fully saturated rings. The maximum absolute atomic E-state index is 12.1. The van der Waals surface area contributed by atoms with Crippen LogP contribution in [0, 0.1) is 11.3 Å². The summed E-state index contributed by atoms with van der Waals surface area (Å²) >= 11 is 0. The standard InChI is InChI=1S/C16H21NO3/c1-9(2)12-6-13(10(3)4)15(18)14(7-12)16(19)20-11(5)8-17/h6-7,9-11,18H,1-5H3/t11-/m0/s1. The van der Waals surface area contributed by atoms with Gasteiger partial charge in [0.05, 0.1) is 0 Å². The van der Waals surface area contributed by atoms with Gasteiger partial charge in [-0.2, -0.15) is 5.26 Å². The molecule has 1 aromatic rings. The van der Waals surface area contributed by atoms with Crippen molar-refractivity contribution in [3.63, 3.8) is 0 Å². The number of esters is 1. The number of carbonyl (C=O) groups is 1. The molecule has 0 aliphatic carbocycles. The summed E-state index contributed by atoms with van der Waals surface area (Å²) in [5.41, 5.74) is 1.80. The summed E-state index contributed by atoms with van der Waals surface area (Å²) in [4.78, 5) is 12.1. The third kappa shape index (κ3) is 3.51. The van der Waals surface area contributed by atoms with Crippen LogP contribution in [0.5, 0.6) is 5.75 Å². The molecule has 1 N–H and O–H groups in total. The highest BCUT2D eigenvalue weighted by molar-refractivity contribution is 5.93. The number of nitriles is 1. The van der Waals surface area contributed by atoms with Crippen LogP contribution < -0.4 is 0 Å². The monoisotopic (exact) mass is 275 g/mol. The van der Waals surface area contributed by atoms with Crippen LogP contribution in [-0.4, -0.2) is 17.2 Å². The number of hydrogen-bond donors (Lipinski definition) is 1. The summed E-state index contributed by atoms with van der Waals surface area (Å²) in [7, 11) is 0. The summed E-state index contributed by atoms with van der Waals surface area (Å²) in [5.74, 6) is -0.401. The molecule has 4 nitrogen and oxygen atoms in total. The third-order valence-corrected chi connectivity index (χ3v) is 3.14. The Morgan fingerprint density at radius 3 is 2.25 bits per heavy atom. The molecular weight excluding hydrogens is 254 g/mol. The number of benzene rings is 1. The number of carbonyl (C=O) groups excluding carboxylic acids is 1. The summed E-state index contributed by atoms with van der Waals surface area (Å²) in [5, 5.41) is 18.9. The molecule has 0 spiro atoms.